The van der Waals surface area contributed by atoms with Crippen molar-refractivity contribution in [2.24, 2.45) is 0 Å². The first-order valence-corrected chi connectivity index (χ1v) is 7.00. The predicted octanol–water partition coefficient (Wildman–Crippen LogP) is 2.89. The zero-order chi connectivity index (χ0) is 15.4. The van der Waals surface area contributed by atoms with Crippen molar-refractivity contribution in [3.05, 3.63) is 46.8 Å². The molecule has 0 aliphatic rings. The molecule has 0 bridgehead atoms. The van der Waals surface area contributed by atoms with Crippen molar-refractivity contribution in [3.63, 3.8) is 0 Å². The molecule has 1 amide bonds. The maximum absolute atomic E-state index is 11.9. The van der Waals surface area contributed by atoms with Gasteiger partial charge >= 0.3 is 0 Å². The molecule has 0 aliphatic carbocycles. The van der Waals surface area contributed by atoms with E-state index in [0.717, 1.165) is 28.3 Å². The van der Waals surface area contributed by atoms with E-state index >= 15 is 0 Å². The first-order valence-electron chi connectivity index (χ1n) is 7.00. The van der Waals surface area contributed by atoms with E-state index in [9.17, 15) is 4.79 Å². The molecule has 0 saturated heterocycles. The first kappa shape index (κ1) is 15.3. The average Bonchev–Trinajstić information content (AvgIpc) is 2.78. The zero-order valence-electron chi connectivity index (χ0n) is 12.9. The summed E-state index contributed by atoms with van der Waals surface area (Å²) in [5.41, 5.74) is 3.83. The van der Waals surface area contributed by atoms with E-state index in [1.54, 1.807) is 0 Å². The van der Waals surface area contributed by atoms with Gasteiger partial charge in [0.1, 0.15) is 5.76 Å². The highest BCUT2D eigenvalue weighted by Gasteiger charge is 2.16. The third kappa shape index (κ3) is 3.92. The second-order valence-electron chi connectivity index (χ2n) is 5.25. The number of nitrogens with zero attached hydrogens (tertiary/aromatic N) is 1. The summed E-state index contributed by atoms with van der Waals surface area (Å²) in [6, 6.07) is 7.74. The molecule has 0 saturated carbocycles. The van der Waals surface area contributed by atoms with Gasteiger partial charge in [0.2, 0.25) is 5.91 Å². The normalized spacial score (nSPS) is 12.2. The molecule has 1 atom stereocenters. The Labute approximate surface area is 124 Å². The van der Waals surface area contributed by atoms with E-state index in [1.807, 2.05) is 52.0 Å². The van der Waals surface area contributed by atoms with Gasteiger partial charge in [-0.3, -0.25) is 4.79 Å². The fraction of sp³-hybridized carbons (Fsp3) is 0.375. The van der Waals surface area contributed by atoms with E-state index in [1.165, 1.54) is 0 Å². The number of hydrogen-bond donors (Lipinski definition) is 2. The van der Waals surface area contributed by atoms with Crippen LogP contribution < -0.4 is 10.6 Å². The molecule has 0 aliphatic heterocycles. The number of carbonyl (C=O) groups is 1. The Kier molecular flexibility index (Phi) is 4.75. The van der Waals surface area contributed by atoms with Gasteiger partial charge in [-0.1, -0.05) is 22.9 Å². The quantitative estimate of drug-likeness (QED) is 0.887. The highest BCUT2D eigenvalue weighted by molar-refractivity contribution is 5.92. The molecular formula is C16H21N3O2. The Bertz CT molecular complexity index is 597. The highest BCUT2D eigenvalue weighted by Crippen LogP contribution is 2.20. The van der Waals surface area contributed by atoms with E-state index in [4.69, 9.17) is 4.52 Å². The molecule has 2 aromatic rings. The number of nitrogens with one attached hydrogen (secondary N) is 2. The summed E-state index contributed by atoms with van der Waals surface area (Å²) in [5, 5.41) is 9.97. The number of anilines is 1. The van der Waals surface area contributed by atoms with Crippen molar-refractivity contribution in [2.45, 2.75) is 33.7 Å². The molecule has 1 aromatic heterocycles. The van der Waals surface area contributed by atoms with Crippen LogP contribution in [-0.2, 0) is 4.79 Å². The summed E-state index contributed by atoms with van der Waals surface area (Å²) in [4.78, 5) is 11.9. The third-order valence-corrected chi connectivity index (χ3v) is 3.43. The summed E-state index contributed by atoms with van der Waals surface area (Å²) in [6.45, 7) is 8.01. The van der Waals surface area contributed by atoms with Gasteiger partial charge in [0.25, 0.3) is 0 Å². The molecule has 0 spiro atoms. The third-order valence-electron chi connectivity index (χ3n) is 3.43. The van der Waals surface area contributed by atoms with Gasteiger partial charge in [0, 0.05) is 17.3 Å². The van der Waals surface area contributed by atoms with Crippen molar-refractivity contribution in [1.82, 2.24) is 10.5 Å². The minimum absolute atomic E-state index is 0.0139. The number of rotatable bonds is 5. The van der Waals surface area contributed by atoms with Crippen LogP contribution in [0.5, 0.6) is 0 Å². The van der Waals surface area contributed by atoms with Gasteiger partial charge in [-0.15, -0.1) is 0 Å². The maximum atomic E-state index is 11.9. The lowest BCUT2D eigenvalue weighted by molar-refractivity contribution is -0.115. The molecule has 1 aromatic carbocycles. The molecule has 5 nitrogen and oxygen atoms in total. The molecule has 2 rings (SSSR count). The Morgan fingerprint density at radius 2 is 1.90 bits per heavy atom. The van der Waals surface area contributed by atoms with E-state index in [-0.39, 0.29) is 18.5 Å². The fourth-order valence-corrected chi connectivity index (χ4v) is 2.30. The minimum atomic E-state index is -0.0718. The largest absolute Gasteiger partial charge is 0.361 e. The van der Waals surface area contributed by atoms with Crippen molar-refractivity contribution >= 4 is 11.6 Å². The monoisotopic (exact) mass is 287 g/mol. The van der Waals surface area contributed by atoms with Gasteiger partial charge in [0.15, 0.2) is 0 Å². The van der Waals surface area contributed by atoms with Crippen LogP contribution in [-0.4, -0.2) is 17.6 Å². The van der Waals surface area contributed by atoms with Crippen molar-refractivity contribution in [3.8, 4) is 0 Å². The topological polar surface area (TPSA) is 67.2 Å². The Hall–Kier alpha value is -2.14. The summed E-state index contributed by atoms with van der Waals surface area (Å²) in [5.74, 6) is 0.712. The number of aromatic nitrogens is 1. The number of benzene rings is 1. The van der Waals surface area contributed by atoms with Crippen LogP contribution in [0, 0.1) is 20.8 Å². The van der Waals surface area contributed by atoms with E-state index in [2.05, 4.69) is 15.8 Å². The van der Waals surface area contributed by atoms with Crippen LogP contribution in [0.25, 0.3) is 0 Å². The van der Waals surface area contributed by atoms with Crippen LogP contribution in [0.3, 0.4) is 0 Å². The molecule has 112 valence electrons. The van der Waals surface area contributed by atoms with Gasteiger partial charge < -0.3 is 15.2 Å². The molecule has 0 fully saturated rings. The lowest BCUT2D eigenvalue weighted by atomic mass is 10.1. The standard InChI is InChI=1S/C16H21N3O2/c1-10-5-7-14(8-6-10)18-15(20)9-17-11(2)16-12(3)19-21-13(16)4/h5-8,11,17H,9H2,1-4H3,(H,18,20). The second kappa shape index (κ2) is 6.54. The number of aryl methyl sites for hydroxylation is 3. The number of amides is 1. The Morgan fingerprint density at radius 3 is 2.48 bits per heavy atom. The van der Waals surface area contributed by atoms with Crippen LogP contribution in [0.2, 0.25) is 0 Å². The van der Waals surface area contributed by atoms with Crippen molar-refractivity contribution < 1.29 is 9.32 Å². The summed E-state index contributed by atoms with van der Waals surface area (Å²) in [7, 11) is 0. The predicted molar refractivity (Wildman–Crippen MR) is 82.2 cm³/mol. The van der Waals surface area contributed by atoms with Crippen molar-refractivity contribution in [1.29, 1.82) is 0 Å². The van der Waals surface area contributed by atoms with Crippen LogP contribution >= 0.6 is 0 Å². The molecule has 2 N–H and O–H groups in total. The zero-order valence-corrected chi connectivity index (χ0v) is 12.9. The number of carbonyl (C=O) groups excluding carboxylic acids is 1. The lowest BCUT2D eigenvalue weighted by Gasteiger charge is -2.13. The van der Waals surface area contributed by atoms with Crippen LogP contribution in [0.4, 0.5) is 5.69 Å². The lowest BCUT2D eigenvalue weighted by Crippen LogP contribution is -2.30. The average molecular weight is 287 g/mol. The second-order valence-corrected chi connectivity index (χ2v) is 5.25. The summed E-state index contributed by atoms with van der Waals surface area (Å²) < 4.78 is 5.14. The van der Waals surface area contributed by atoms with E-state index in [0.29, 0.717) is 0 Å². The molecule has 1 unspecified atom stereocenters. The van der Waals surface area contributed by atoms with Crippen LogP contribution in [0.1, 0.15) is 35.5 Å². The SMILES string of the molecule is Cc1ccc(NC(=O)CNC(C)c2c(C)noc2C)cc1. The minimum Gasteiger partial charge on any atom is -0.361 e. The van der Waals surface area contributed by atoms with Gasteiger partial charge in [-0.25, -0.2) is 0 Å². The number of hydrogen-bond acceptors (Lipinski definition) is 4. The molecule has 21 heavy (non-hydrogen) atoms. The van der Waals surface area contributed by atoms with Gasteiger partial charge in [-0.05, 0) is 39.8 Å². The van der Waals surface area contributed by atoms with Gasteiger partial charge in [0.05, 0.1) is 12.2 Å². The van der Waals surface area contributed by atoms with E-state index < -0.39 is 0 Å². The van der Waals surface area contributed by atoms with Crippen molar-refractivity contribution in [2.75, 3.05) is 11.9 Å². The maximum Gasteiger partial charge on any atom is 0.238 e. The molecule has 5 heteroatoms. The van der Waals surface area contributed by atoms with Gasteiger partial charge in [-0.2, -0.15) is 0 Å². The molecule has 0 radical (unpaired) electrons. The van der Waals surface area contributed by atoms with Crippen LogP contribution in [0.15, 0.2) is 28.8 Å². The first-order chi connectivity index (χ1) is 9.97. The summed E-state index contributed by atoms with van der Waals surface area (Å²) in [6.07, 6.45) is 0. The smallest absolute Gasteiger partial charge is 0.238 e. The molecule has 1 heterocycles. The Balaban J connectivity index is 1.88. The fourth-order valence-electron chi connectivity index (χ4n) is 2.30. The molecular weight excluding hydrogens is 266 g/mol. The Morgan fingerprint density at radius 1 is 1.24 bits per heavy atom. The summed E-state index contributed by atoms with van der Waals surface area (Å²) >= 11 is 0. The highest BCUT2D eigenvalue weighted by atomic mass is 16.5.